The molecule has 3 rings (SSSR count). The minimum Gasteiger partial charge on any atom is -0.477 e. The molecule has 1 aromatic carbocycles. The Labute approximate surface area is 124 Å². The maximum absolute atomic E-state index is 11.5. The van der Waals surface area contributed by atoms with Gasteiger partial charge in [-0.25, -0.2) is 9.78 Å². The fraction of sp³-hybridized carbons (Fsp3) is 0. The number of carboxylic acid groups (broad SMARTS) is 1. The molecule has 0 aliphatic rings. The van der Waals surface area contributed by atoms with Crippen LogP contribution < -0.4 is 5.73 Å². The molecule has 104 valence electrons. The van der Waals surface area contributed by atoms with Gasteiger partial charge in [0.1, 0.15) is 9.88 Å². The summed E-state index contributed by atoms with van der Waals surface area (Å²) in [5.74, 6) is -0.995. The number of nitrogen functional groups attached to an aromatic ring is 1. The first-order valence-electron chi connectivity index (χ1n) is 6.15. The van der Waals surface area contributed by atoms with Gasteiger partial charge in [-0.3, -0.25) is 4.98 Å². The fourth-order valence-corrected chi connectivity index (χ4v) is 2.90. The van der Waals surface area contributed by atoms with Gasteiger partial charge in [0.25, 0.3) is 0 Å². The molecule has 0 aliphatic heterocycles. The molecule has 0 bridgehead atoms. The summed E-state index contributed by atoms with van der Waals surface area (Å²) in [7, 11) is 0. The quantitative estimate of drug-likeness (QED) is 0.725. The lowest BCUT2D eigenvalue weighted by Gasteiger charge is -2.00. The van der Waals surface area contributed by atoms with Gasteiger partial charge < -0.3 is 10.8 Å². The molecule has 0 radical (unpaired) electrons. The standard InChI is InChI=1S/C15H11N3O2S/c16-11-3-1-2-10(8-11)12-13(15(19)20)21-14(18-12)9-4-6-17-7-5-9/h1-8H,16H2,(H,19,20). The molecule has 0 aliphatic carbocycles. The van der Waals surface area contributed by atoms with E-state index in [4.69, 9.17) is 5.73 Å². The lowest BCUT2D eigenvalue weighted by molar-refractivity contribution is 0.0702. The molecular formula is C15H11N3O2S. The van der Waals surface area contributed by atoms with Crippen molar-refractivity contribution < 1.29 is 9.90 Å². The van der Waals surface area contributed by atoms with Gasteiger partial charge in [0.15, 0.2) is 0 Å². The largest absolute Gasteiger partial charge is 0.477 e. The van der Waals surface area contributed by atoms with Crippen molar-refractivity contribution in [3.05, 3.63) is 53.7 Å². The Morgan fingerprint density at radius 2 is 1.90 bits per heavy atom. The Bertz CT molecular complexity index is 800. The van der Waals surface area contributed by atoms with Crippen LogP contribution in [0.2, 0.25) is 0 Å². The molecule has 0 atom stereocenters. The third-order valence-electron chi connectivity index (χ3n) is 2.91. The average molecular weight is 297 g/mol. The second-order valence-electron chi connectivity index (χ2n) is 4.36. The number of hydrogen-bond acceptors (Lipinski definition) is 5. The monoisotopic (exact) mass is 297 g/mol. The molecule has 0 unspecified atom stereocenters. The SMILES string of the molecule is Nc1cccc(-c2nc(-c3ccncc3)sc2C(=O)O)c1. The van der Waals surface area contributed by atoms with Crippen molar-refractivity contribution >= 4 is 23.0 Å². The molecule has 6 heteroatoms. The zero-order valence-electron chi connectivity index (χ0n) is 10.9. The number of anilines is 1. The van der Waals surface area contributed by atoms with E-state index >= 15 is 0 Å². The van der Waals surface area contributed by atoms with Crippen LogP contribution in [0.4, 0.5) is 5.69 Å². The predicted octanol–water partition coefficient (Wildman–Crippen LogP) is 3.15. The van der Waals surface area contributed by atoms with Crippen molar-refractivity contribution in [2.45, 2.75) is 0 Å². The van der Waals surface area contributed by atoms with E-state index in [1.807, 2.05) is 0 Å². The van der Waals surface area contributed by atoms with E-state index in [0.717, 1.165) is 16.9 Å². The number of aromatic carboxylic acids is 1. The van der Waals surface area contributed by atoms with Crippen LogP contribution in [-0.2, 0) is 0 Å². The van der Waals surface area contributed by atoms with Crippen LogP contribution in [0.5, 0.6) is 0 Å². The van der Waals surface area contributed by atoms with Gasteiger partial charge in [0.2, 0.25) is 0 Å². The number of carboxylic acids is 1. The van der Waals surface area contributed by atoms with Gasteiger partial charge in [0, 0.05) is 29.2 Å². The normalized spacial score (nSPS) is 10.5. The summed E-state index contributed by atoms with van der Waals surface area (Å²) >= 11 is 1.14. The topological polar surface area (TPSA) is 89.1 Å². The van der Waals surface area contributed by atoms with Crippen LogP contribution in [0.15, 0.2) is 48.8 Å². The molecule has 2 heterocycles. The third kappa shape index (κ3) is 2.61. The summed E-state index contributed by atoms with van der Waals surface area (Å²) in [5, 5.41) is 10.0. The average Bonchev–Trinajstić information content (AvgIpc) is 2.93. The number of benzene rings is 1. The van der Waals surface area contributed by atoms with E-state index in [-0.39, 0.29) is 4.88 Å². The van der Waals surface area contributed by atoms with Crippen molar-refractivity contribution in [1.82, 2.24) is 9.97 Å². The molecule has 3 aromatic rings. The summed E-state index contributed by atoms with van der Waals surface area (Å²) in [6.07, 6.45) is 3.30. The lowest BCUT2D eigenvalue weighted by Crippen LogP contribution is -1.96. The number of nitrogens with two attached hydrogens (primary N) is 1. The smallest absolute Gasteiger partial charge is 0.348 e. The first-order valence-corrected chi connectivity index (χ1v) is 6.97. The van der Waals surface area contributed by atoms with Crippen LogP contribution in [0, 0.1) is 0 Å². The molecule has 21 heavy (non-hydrogen) atoms. The second kappa shape index (κ2) is 5.34. The summed E-state index contributed by atoms with van der Waals surface area (Å²) in [6, 6.07) is 10.6. The second-order valence-corrected chi connectivity index (χ2v) is 5.36. The highest BCUT2D eigenvalue weighted by Crippen LogP contribution is 2.34. The van der Waals surface area contributed by atoms with Gasteiger partial charge >= 0.3 is 5.97 Å². The molecule has 0 fully saturated rings. The molecule has 3 N–H and O–H groups in total. The van der Waals surface area contributed by atoms with Crippen LogP contribution in [0.1, 0.15) is 9.67 Å². The molecule has 0 saturated carbocycles. The highest BCUT2D eigenvalue weighted by Gasteiger charge is 2.19. The van der Waals surface area contributed by atoms with E-state index in [1.165, 1.54) is 0 Å². The summed E-state index contributed by atoms with van der Waals surface area (Å²) in [5.41, 5.74) is 8.31. The van der Waals surface area contributed by atoms with Gasteiger partial charge in [-0.2, -0.15) is 0 Å². The van der Waals surface area contributed by atoms with Crippen molar-refractivity contribution in [2.75, 3.05) is 5.73 Å². The highest BCUT2D eigenvalue weighted by atomic mass is 32.1. The molecule has 0 amide bonds. The van der Waals surface area contributed by atoms with Crippen molar-refractivity contribution in [3.63, 3.8) is 0 Å². The minimum absolute atomic E-state index is 0.201. The maximum Gasteiger partial charge on any atom is 0.348 e. The van der Waals surface area contributed by atoms with Crippen LogP contribution >= 0.6 is 11.3 Å². The van der Waals surface area contributed by atoms with Crippen LogP contribution in [-0.4, -0.2) is 21.0 Å². The van der Waals surface area contributed by atoms with Gasteiger partial charge in [0.05, 0.1) is 5.69 Å². The fourth-order valence-electron chi connectivity index (χ4n) is 1.96. The van der Waals surface area contributed by atoms with E-state index in [9.17, 15) is 9.90 Å². The van der Waals surface area contributed by atoms with Crippen molar-refractivity contribution in [3.8, 4) is 21.8 Å². The Morgan fingerprint density at radius 3 is 2.57 bits per heavy atom. The number of aromatic nitrogens is 2. The summed E-state index contributed by atoms with van der Waals surface area (Å²) < 4.78 is 0. The Kier molecular flexibility index (Phi) is 3.37. The zero-order chi connectivity index (χ0) is 14.8. The third-order valence-corrected chi connectivity index (χ3v) is 4.00. The Hall–Kier alpha value is -2.73. The molecular weight excluding hydrogens is 286 g/mol. The number of nitrogens with zero attached hydrogens (tertiary/aromatic N) is 2. The van der Waals surface area contributed by atoms with E-state index in [1.54, 1.807) is 48.8 Å². The van der Waals surface area contributed by atoms with Crippen LogP contribution in [0.3, 0.4) is 0 Å². The zero-order valence-corrected chi connectivity index (χ0v) is 11.7. The van der Waals surface area contributed by atoms with E-state index in [0.29, 0.717) is 22.0 Å². The lowest BCUT2D eigenvalue weighted by atomic mass is 10.1. The Morgan fingerprint density at radius 1 is 1.14 bits per heavy atom. The number of thiazole rings is 1. The molecule has 0 saturated heterocycles. The highest BCUT2D eigenvalue weighted by molar-refractivity contribution is 7.17. The van der Waals surface area contributed by atoms with Crippen molar-refractivity contribution in [2.24, 2.45) is 0 Å². The van der Waals surface area contributed by atoms with Crippen LogP contribution in [0.25, 0.3) is 21.8 Å². The van der Waals surface area contributed by atoms with E-state index < -0.39 is 5.97 Å². The van der Waals surface area contributed by atoms with Crippen molar-refractivity contribution in [1.29, 1.82) is 0 Å². The number of rotatable bonds is 3. The Balaban J connectivity index is 2.16. The maximum atomic E-state index is 11.5. The first kappa shape index (κ1) is 13.3. The molecule has 2 aromatic heterocycles. The van der Waals surface area contributed by atoms with E-state index in [2.05, 4.69) is 9.97 Å². The van der Waals surface area contributed by atoms with Gasteiger partial charge in [-0.15, -0.1) is 11.3 Å². The summed E-state index contributed by atoms with van der Waals surface area (Å²) in [6.45, 7) is 0. The summed E-state index contributed by atoms with van der Waals surface area (Å²) in [4.78, 5) is 20.1. The first-order chi connectivity index (χ1) is 10.1. The minimum atomic E-state index is -0.995. The predicted molar refractivity (Wildman–Crippen MR) is 82.2 cm³/mol. The van der Waals surface area contributed by atoms with Gasteiger partial charge in [-0.05, 0) is 24.3 Å². The van der Waals surface area contributed by atoms with Gasteiger partial charge in [-0.1, -0.05) is 12.1 Å². The number of hydrogen-bond donors (Lipinski definition) is 2. The molecule has 0 spiro atoms. The number of carbonyl (C=O) groups is 1. The molecule has 5 nitrogen and oxygen atoms in total. The number of pyridine rings is 1.